The van der Waals surface area contributed by atoms with Gasteiger partial charge >= 0.3 is 0 Å². The number of hydrogen-bond acceptors (Lipinski definition) is 5. The molecule has 0 fully saturated rings. The molecule has 3 aromatic rings. The van der Waals surface area contributed by atoms with Crippen molar-refractivity contribution < 1.29 is 9.47 Å². The van der Waals surface area contributed by atoms with Crippen LogP contribution in [-0.2, 0) is 6.61 Å². The van der Waals surface area contributed by atoms with Gasteiger partial charge in [-0.05, 0) is 35.9 Å². The van der Waals surface area contributed by atoms with Crippen molar-refractivity contribution in [3.8, 4) is 11.5 Å². The first-order valence-corrected chi connectivity index (χ1v) is 8.05. The summed E-state index contributed by atoms with van der Waals surface area (Å²) in [6.45, 7) is 0.239. The smallest absolute Gasteiger partial charge is 0.161 e. The van der Waals surface area contributed by atoms with Gasteiger partial charge in [0.15, 0.2) is 11.5 Å². The Kier molecular flexibility index (Phi) is 5.53. The minimum Gasteiger partial charge on any atom is -0.493 e. The van der Waals surface area contributed by atoms with Crippen LogP contribution >= 0.6 is 23.2 Å². The highest BCUT2D eigenvalue weighted by molar-refractivity contribution is 6.35. The van der Waals surface area contributed by atoms with E-state index in [9.17, 15) is 0 Å². The number of benzene rings is 2. The maximum Gasteiger partial charge on any atom is 0.161 e. The molecule has 0 N–H and O–H groups in total. The fraction of sp³-hybridized carbons (Fsp3) is 0.118. The lowest BCUT2D eigenvalue weighted by Gasteiger charge is -2.13. The van der Waals surface area contributed by atoms with Crippen LogP contribution < -0.4 is 9.47 Å². The second-order valence-electron chi connectivity index (χ2n) is 4.99. The van der Waals surface area contributed by atoms with E-state index in [1.165, 1.54) is 17.3 Å². The summed E-state index contributed by atoms with van der Waals surface area (Å²) in [6, 6.07) is 10.8. The van der Waals surface area contributed by atoms with E-state index in [1.807, 2.05) is 12.1 Å². The highest BCUT2D eigenvalue weighted by Gasteiger charge is 2.09. The second-order valence-corrected chi connectivity index (χ2v) is 5.80. The number of ether oxygens (including phenoxy) is 2. The number of methoxy groups -OCH3 is 1. The Balaban J connectivity index is 1.76. The molecule has 0 saturated carbocycles. The van der Waals surface area contributed by atoms with E-state index >= 15 is 0 Å². The van der Waals surface area contributed by atoms with Crippen LogP contribution in [0.1, 0.15) is 11.1 Å². The van der Waals surface area contributed by atoms with Gasteiger partial charge in [0.05, 0.1) is 13.3 Å². The summed E-state index contributed by atoms with van der Waals surface area (Å²) in [6.07, 6.45) is 4.66. The summed E-state index contributed by atoms with van der Waals surface area (Å²) in [5.74, 6) is 1.16. The summed E-state index contributed by atoms with van der Waals surface area (Å²) in [4.78, 5) is 0. The van der Waals surface area contributed by atoms with Crippen molar-refractivity contribution in [3.63, 3.8) is 0 Å². The minimum atomic E-state index is 0.239. The molecule has 0 amide bonds. The molecule has 0 atom stereocenters. The fourth-order valence-electron chi connectivity index (χ4n) is 2.09. The van der Waals surface area contributed by atoms with Gasteiger partial charge in [-0.2, -0.15) is 5.10 Å². The van der Waals surface area contributed by atoms with Gasteiger partial charge in [0.2, 0.25) is 0 Å². The molecule has 6 nitrogen and oxygen atoms in total. The molecule has 128 valence electrons. The summed E-state index contributed by atoms with van der Waals surface area (Å²) < 4.78 is 12.7. The molecule has 0 radical (unpaired) electrons. The van der Waals surface area contributed by atoms with Crippen molar-refractivity contribution in [2.75, 3.05) is 7.11 Å². The van der Waals surface area contributed by atoms with Gasteiger partial charge < -0.3 is 9.47 Å². The molecule has 25 heavy (non-hydrogen) atoms. The molecule has 0 spiro atoms. The van der Waals surface area contributed by atoms with Crippen molar-refractivity contribution in [2.45, 2.75) is 6.61 Å². The third-order valence-corrected chi connectivity index (χ3v) is 4.08. The van der Waals surface area contributed by atoms with Crippen LogP contribution in [0.5, 0.6) is 11.5 Å². The van der Waals surface area contributed by atoms with Crippen molar-refractivity contribution in [1.82, 2.24) is 14.9 Å². The summed E-state index contributed by atoms with van der Waals surface area (Å²) in [5.41, 5.74) is 1.57. The zero-order chi connectivity index (χ0) is 17.6. The van der Waals surface area contributed by atoms with Crippen LogP contribution in [0, 0.1) is 0 Å². The number of rotatable bonds is 6. The van der Waals surface area contributed by atoms with Gasteiger partial charge in [0.25, 0.3) is 0 Å². The third kappa shape index (κ3) is 4.29. The van der Waals surface area contributed by atoms with E-state index in [1.54, 1.807) is 37.6 Å². The molecule has 1 heterocycles. The molecule has 0 saturated heterocycles. The first-order chi connectivity index (χ1) is 12.2. The van der Waals surface area contributed by atoms with Gasteiger partial charge in [-0.3, -0.25) is 0 Å². The number of halogens is 2. The van der Waals surface area contributed by atoms with Crippen LogP contribution in [0.2, 0.25) is 10.0 Å². The van der Waals surface area contributed by atoms with E-state index in [0.717, 1.165) is 11.1 Å². The van der Waals surface area contributed by atoms with Gasteiger partial charge in [0.1, 0.15) is 19.3 Å². The minimum absolute atomic E-state index is 0.239. The predicted octanol–water partition coefficient (Wildman–Crippen LogP) is 4.05. The maximum atomic E-state index is 6.16. The molecule has 0 aliphatic rings. The molecule has 0 unspecified atom stereocenters. The summed E-state index contributed by atoms with van der Waals surface area (Å²) in [7, 11) is 1.57. The number of aromatic nitrogens is 3. The first-order valence-electron chi connectivity index (χ1n) is 7.30. The van der Waals surface area contributed by atoms with Crippen LogP contribution in [0.4, 0.5) is 0 Å². The van der Waals surface area contributed by atoms with Crippen LogP contribution in [0.3, 0.4) is 0 Å². The molecule has 0 bridgehead atoms. The molecule has 0 aliphatic carbocycles. The standard InChI is InChI=1S/C17H14Cl2N4O2/c1-24-17-7-12(8-22-23-10-20-21-11-23)5-6-16(17)25-9-13-14(18)3-2-4-15(13)19/h2-8,10-11H,9H2,1H3/b22-8+. The number of hydrogen-bond donors (Lipinski definition) is 0. The van der Waals surface area contributed by atoms with Gasteiger partial charge in [-0.15, -0.1) is 10.2 Å². The van der Waals surface area contributed by atoms with Crippen molar-refractivity contribution in [1.29, 1.82) is 0 Å². The van der Waals surface area contributed by atoms with E-state index in [-0.39, 0.29) is 6.61 Å². The summed E-state index contributed by atoms with van der Waals surface area (Å²) in [5, 5.41) is 12.7. The normalized spacial score (nSPS) is 11.0. The van der Waals surface area contributed by atoms with E-state index in [2.05, 4.69) is 15.3 Å². The zero-order valence-corrected chi connectivity index (χ0v) is 14.8. The Morgan fingerprint density at radius 3 is 2.48 bits per heavy atom. The highest BCUT2D eigenvalue weighted by atomic mass is 35.5. The van der Waals surface area contributed by atoms with Crippen molar-refractivity contribution in [2.24, 2.45) is 5.10 Å². The average molecular weight is 377 g/mol. The molecular formula is C17H14Cl2N4O2. The Morgan fingerprint density at radius 1 is 1.08 bits per heavy atom. The monoisotopic (exact) mass is 376 g/mol. The van der Waals surface area contributed by atoms with E-state index in [0.29, 0.717) is 21.5 Å². The Labute approximate surface area is 154 Å². The number of nitrogens with zero attached hydrogens (tertiary/aromatic N) is 4. The fourth-order valence-corrected chi connectivity index (χ4v) is 2.60. The average Bonchev–Trinajstić information content (AvgIpc) is 3.13. The topological polar surface area (TPSA) is 61.5 Å². The SMILES string of the molecule is COc1cc(/C=N/n2cnnc2)ccc1OCc1c(Cl)cccc1Cl. The largest absolute Gasteiger partial charge is 0.493 e. The van der Waals surface area contributed by atoms with E-state index in [4.69, 9.17) is 32.7 Å². The predicted molar refractivity (Wildman–Crippen MR) is 96.8 cm³/mol. The van der Waals surface area contributed by atoms with Crippen molar-refractivity contribution in [3.05, 3.63) is 70.2 Å². The second kappa shape index (κ2) is 8.00. The Hall–Kier alpha value is -2.57. The van der Waals surface area contributed by atoms with Gasteiger partial charge in [-0.1, -0.05) is 29.3 Å². The zero-order valence-electron chi connectivity index (χ0n) is 13.3. The van der Waals surface area contributed by atoms with Crippen LogP contribution in [-0.4, -0.2) is 28.2 Å². The molecule has 3 rings (SSSR count). The third-order valence-electron chi connectivity index (χ3n) is 3.37. The van der Waals surface area contributed by atoms with Crippen LogP contribution in [0.25, 0.3) is 0 Å². The first kappa shape index (κ1) is 17.3. The van der Waals surface area contributed by atoms with E-state index < -0.39 is 0 Å². The maximum absolute atomic E-state index is 6.16. The Morgan fingerprint density at radius 2 is 1.80 bits per heavy atom. The van der Waals surface area contributed by atoms with Gasteiger partial charge in [-0.25, -0.2) is 4.68 Å². The van der Waals surface area contributed by atoms with Crippen LogP contribution in [0.15, 0.2) is 54.2 Å². The molecule has 0 aliphatic heterocycles. The van der Waals surface area contributed by atoms with Gasteiger partial charge in [0, 0.05) is 15.6 Å². The lowest BCUT2D eigenvalue weighted by Crippen LogP contribution is -2.00. The van der Waals surface area contributed by atoms with Crippen molar-refractivity contribution >= 4 is 29.4 Å². The highest BCUT2D eigenvalue weighted by Crippen LogP contribution is 2.31. The molecular weight excluding hydrogens is 363 g/mol. The summed E-state index contributed by atoms with van der Waals surface area (Å²) >= 11 is 12.3. The lowest BCUT2D eigenvalue weighted by molar-refractivity contribution is 0.284. The lowest BCUT2D eigenvalue weighted by atomic mass is 10.2. The molecule has 2 aromatic carbocycles. The Bertz CT molecular complexity index is 862. The quantitative estimate of drug-likeness (QED) is 0.608. The molecule has 8 heteroatoms. The molecule has 1 aromatic heterocycles.